The molecule has 1 aromatic carbocycles. The molecular formula is C52H46N8. The van der Waals surface area contributed by atoms with E-state index in [-0.39, 0.29) is 10.8 Å². The van der Waals surface area contributed by atoms with Gasteiger partial charge in [0.25, 0.3) is 0 Å². The zero-order valence-electron chi connectivity index (χ0n) is 34.8. The van der Waals surface area contributed by atoms with E-state index in [4.69, 9.17) is 19.9 Å². The number of aromatic nitrogens is 8. The highest BCUT2D eigenvalue weighted by Gasteiger charge is 2.32. The maximum atomic E-state index is 5.43. The van der Waals surface area contributed by atoms with Crippen molar-refractivity contribution >= 4 is 68.4 Å². The Morgan fingerprint density at radius 3 is 1.45 bits per heavy atom. The normalized spacial score (nSPS) is 15.2. The first-order chi connectivity index (χ1) is 28.9. The SMILES string of the molecule is Cc1c2nc(cc3ccc([nH]3)c(-c3ccc(-c4c5nc(cc6ccc([nH]6)c(C)c6nc(cc7ccc4[nH]7)C(C)(C)C6)C(C)(C)C5)cc3)c3nc(cc4ccc1[nH]4)C=C3)C=C2. The number of H-pyrrole nitrogens is 4. The van der Waals surface area contributed by atoms with Crippen molar-refractivity contribution in [3.63, 3.8) is 0 Å². The smallest absolute Gasteiger partial charge is 0.0736 e. The van der Waals surface area contributed by atoms with Crippen LogP contribution < -0.4 is 0 Å². The van der Waals surface area contributed by atoms with Crippen LogP contribution in [0.25, 0.3) is 90.7 Å². The van der Waals surface area contributed by atoms with Crippen molar-refractivity contribution in [1.82, 2.24) is 39.9 Å². The number of fused-ring (bicyclic) bond motifs is 16. The van der Waals surface area contributed by atoms with Crippen LogP contribution in [-0.4, -0.2) is 39.9 Å². The highest BCUT2D eigenvalue weighted by atomic mass is 14.8. The van der Waals surface area contributed by atoms with Crippen molar-refractivity contribution in [3.05, 3.63) is 154 Å². The number of hydrogen-bond donors (Lipinski definition) is 4. The molecule has 6 aromatic heterocycles. The van der Waals surface area contributed by atoms with Crippen LogP contribution in [0.4, 0.5) is 0 Å². The standard InChI is InChI=1S/C52H46N8/c1-29-39-17-11-33(53-39)23-35-14-20-42(56-35)49(43-21-15-36(57-43)24-34-12-18-40(29)54-34)31-7-9-32(10-8-31)50-44-22-16-38(58-44)26-47-51(3,4)27-45(59-47)30(2)41-19-13-37(55-41)25-48-52(5,6)28-46(50)60-48/h7-26,53,55,57-58H,27-28H2,1-6H3. The lowest BCUT2D eigenvalue weighted by Crippen LogP contribution is -2.15. The molecule has 60 heavy (non-hydrogen) atoms. The van der Waals surface area contributed by atoms with Gasteiger partial charge in [0.1, 0.15) is 0 Å². The molecule has 0 unspecified atom stereocenters. The van der Waals surface area contributed by atoms with Gasteiger partial charge in [-0.2, -0.15) is 0 Å². The molecule has 8 heteroatoms. The van der Waals surface area contributed by atoms with Gasteiger partial charge in [0, 0.05) is 96.0 Å². The highest BCUT2D eigenvalue weighted by molar-refractivity contribution is 5.92. The molecule has 11 rings (SSSR count). The van der Waals surface area contributed by atoms with Crippen LogP contribution in [0.1, 0.15) is 84.4 Å². The zero-order chi connectivity index (χ0) is 40.9. The molecular weight excluding hydrogens is 737 g/mol. The number of hydrogen-bond acceptors (Lipinski definition) is 4. The van der Waals surface area contributed by atoms with Crippen LogP contribution in [-0.2, 0) is 23.7 Å². The van der Waals surface area contributed by atoms with E-state index in [9.17, 15) is 0 Å². The van der Waals surface area contributed by atoms with Crippen molar-refractivity contribution in [2.75, 3.05) is 0 Å². The van der Waals surface area contributed by atoms with Crippen molar-refractivity contribution in [1.29, 1.82) is 0 Å². The third kappa shape index (κ3) is 6.22. The van der Waals surface area contributed by atoms with E-state index in [0.29, 0.717) is 0 Å². The summed E-state index contributed by atoms with van der Waals surface area (Å²) in [7, 11) is 0. The molecule has 4 N–H and O–H groups in total. The molecule has 4 aliphatic rings. The quantitative estimate of drug-likeness (QED) is 0.140. The molecule has 0 spiro atoms. The van der Waals surface area contributed by atoms with Gasteiger partial charge in [0.05, 0.1) is 28.5 Å². The van der Waals surface area contributed by atoms with Gasteiger partial charge in [-0.25, -0.2) is 9.97 Å². The first-order valence-corrected chi connectivity index (χ1v) is 20.8. The predicted octanol–water partition coefficient (Wildman–Crippen LogP) is 12.3. The van der Waals surface area contributed by atoms with Crippen molar-refractivity contribution < 1.29 is 0 Å². The molecule has 0 fully saturated rings. The third-order valence-corrected chi connectivity index (χ3v) is 12.6. The highest BCUT2D eigenvalue weighted by Crippen LogP contribution is 2.39. The Balaban J connectivity index is 1.12. The summed E-state index contributed by atoms with van der Waals surface area (Å²) in [6.07, 6.45) is 10.0. The number of benzene rings is 1. The summed E-state index contributed by atoms with van der Waals surface area (Å²) < 4.78 is 0. The van der Waals surface area contributed by atoms with Crippen LogP contribution in [0.15, 0.2) is 97.1 Å². The fourth-order valence-electron chi connectivity index (χ4n) is 9.11. The predicted molar refractivity (Wildman–Crippen MR) is 247 cm³/mol. The van der Waals surface area contributed by atoms with Crippen LogP contribution >= 0.6 is 0 Å². The van der Waals surface area contributed by atoms with Gasteiger partial charge in [-0.05, 0) is 133 Å². The fraction of sp³-hybridized carbons (Fsp3) is 0.192. The number of aromatic amines is 4. The Morgan fingerprint density at radius 2 is 0.850 bits per heavy atom. The lowest BCUT2D eigenvalue weighted by atomic mass is 9.85. The molecule has 0 amide bonds. The maximum Gasteiger partial charge on any atom is 0.0736 e. The first kappa shape index (κ1) is 36.1. The Kier molecular flexibility index (Phi) is 7.95. The number of rotatable bonds is 2. The van der Waals surface area contributed by atoms with E-state index in [1.54, 1.807) is 0 Å². The lowest BCUT2D eigenvalue weighted by Gasteiger charge is -2.16. The van der Waals surface area contributed by atoms with E-state index in [0.717, 1.165) is 130 Å². The number of nitrogens with zero attached hydrogens (tertiary/aromatic N) is 4. The summed E-state index contributed by atoms with van der Waals surface area (Å²) in [5, 5.41) is 0. The van der Waals surface area contributed by atoms with Gasteiger partial charge in [-0.15, -0.1) is 0 Å². The molecule has 10 heterocycles. The molecule has 0 atom stereocenters. The van der Waals surface area contributed by atoms with E-state index >= 15 is 0 Å². The first-order valence-electron chi connectivity index (χ1n) is 20.8. The average Bonchev–Trinajstić information content (AvgIpc) is 4.07. The molecule has 294 valence electrons. The Morgan fingerprint density at radius 1 is 0.417 bits per heavy atom. The van der Waals surface area contributed by atoms with Crippen LogP contribution in [0.3, 0.4) is 0 Å². The average molecular weight is 783 g/mol. The molecule has 0 aliphatic carbocycles. The summed E-state index contributed by atoms with van der Waals surface area (Å²) in [4.78, 5) is 35.5. The molecule has 8 nitrogen and oxygen atoms in total. The van der Waals surface area contributed by atoms with Crippen molar-refractivity contribution in [2.24, 2.45) is 0 Å². The minimum Gasteiger partial charge on any atom is -0.355 e. The van der Waals surface area contributed by atoms with Gasteiger partial charge >= 0.3 is 0 Å². The Labute approximate surface area is 348 Å². The van der Waals surface area contributed by atoms with Crippen molar-refractivity contribution in [3.8, 4) is 22.3 Å². The summed E-state index contributed by atoms with van der Waals surface area (Å²) in [5.74, 6) is 0. The second-order valence-corrected chi connectivity index (χ2v) is 18.0. The molecule has 4 aliphatic heterocycles. The van der Waals surface area contributed by atoms with E-state index in [1.165, 1.54) is 5.56 Å². The summed E-state index contributed by atoms with van der Waals surface area (Å²) in [5.41, 5.74) is 22.5. The molecule has 7 aromatic rings. The number of aryl methyl sites for hydroxylation is 2. The Hall–Kier alpha value is -7.06. The van der Waals surface area contributed by atoms with Crippen LogP contribution in [0.5, 0.6) is 0 Å². The molecule has 16 bridgehead atoms. The largest absolute Gasteiger partial charge is 0.355 e. The maximum absolute atomic E-state index is 5.43. The zero-order valence-corrected chi connectivity index (χ0v) is 34.8. The lowest BCUT2D eigenvalue weighted by molar-refractivity contribution is 0.542. The molecule has 0 radical (unpaired) electrons. The molecule has 0 saturated carbocycles. The summed E-state index contributed by atoms with van der Waals surface area (Å²) >= 11 is 0. The summed E-state index contributed by atoms with van der Waals surface area (Å²) in [6, 6.07) is 34.7. The van der Waals surface area contributed by atoms with Crippen LogP contribution in [0, 0.1) is 13.8 Å². The van der Waals surface area contributed by atoms with Gasteiger partial charge in [-0.3, -0.25) is 9.97 Å². The van der Waals surface area contributed by atoms with E-state index in [2.05, 4.69) is 183 Å². The topological polar surface area (TPSA) is 115 Å². The second-order valence-electron chi connectivity index (χ2n) is 18.0. The van der Waals surface area contributed by atoms with Gasteiger partial charge in [-0.1, -0.05) is 52.0 Å². The third-order valence-electron chi connectivity index (χ3n) is 12.6. The minimum absolute atomic E-state index is 0.0917. The summed E-state index contributed by atoms with van der Waals surface area (Å²) in [6.45, 7) is 13.4. The number of nitrogens with one attached hydrogen (secondary N) is 4. The van der Waals surface area contributed by atoms with Crippen molar-refractivity contribution in [2.45, 2.75) is 65.2 Å². The van der Waals surface area contributed by atoms with E-state index < -0.39 is 0 Å². The Bertz CT molecular complexity index is 3340. The van der Waals surface area contributed by atoms with E-state index in [1.807, 2.05) is 0 Å². The van der Waals surface area contributed by atoms with Gasteiger partial charge in [0.15, 0.2) is 0 Å². The fourth-order valence-corrected chi connectivity index (χ4v) is 9.11. The van der Waals surface area contributed by atoms with Crippen LogP contribution in [0.2, 0.25) is 0 Å². The van der Waals surface area contributed by atoms with Gasteiger partial charge < -0.3 is 19.9 Å². The minimum atomic E-state index is -0.165. The molecule has 0 saturated heterocycles. The van der Waals surface area contributed by atoms with Gasteiger partial charge in [0.2, 0.25) is 0 Å². The monoisotopic (exact) mass is 782 g/mol. The second kappa shape index (κ2) is 13.2.